The van der Waals surface area contributed by atoms with Crippen LogP contribution in [0, 0.1) is 0 Å². The SMILES string of the molecule is CCCC1(O)CN(CC(=O)O)C1. The van der Waals surface area contributed by atoms with Crippen molar-refractivity contribution in [1.82, 2.24) is 4.90 Å². The van der Waals surface area contributed by atoms with Gasteiger partial charge in [0.1, 0.15) is 0 Å². The van der Waals surface area contributed by atoms with E-state index >= 15 is 0 Å². The van der Waals surface area contributed by atoms with E-state index in [0.717, 1.165) is 12.8 Å². The highest BCUT2D eigenvalue weighted by Gasteiger charge is 2.40. The van der Waals surface area contributed by atoms with Gasteiger partial charge in [0.25, 0.3) is 0 Å². The predicted octanol–water partition coefficient (Wildman–Crippen LogP) is -0.0822. The van der Waals surface area contributed by atoms with Crippen molar-refractivity contribution in [2.45, 2.75) is 25.4 Å². The molecule has 0 atom stereocenters. The number of carbonyl (C=O) groups is 1. The monoisotopic (exact) mass is 173 g/mol. The normalized spacial score (nSPS) is 21.8. The molecule has 2 N–H and O–H groups in total. The molecule has 0 aromatic carbocycles. The Bertz CT molecular complexity index is 175. The van der Waals surface area contributed by atoms with Gasteiger partial charge in [-0.05, 0) is 6.42 Å². The number of aliphatic hydroxyl groups is 1. The Morgan fingerprint density at radius 2 is 2.17 bits per heavy atom. The van der Waals surface area contributed by atoms with Gasteiger partial charge < -0.3 is 10.2 Å². The van der Waals surface area contributed by atoms with Crippen LogP contribution in [0.4, 0.5) is 0 Å². The topological polar surface area (TPSA) is 60.8 Å². The van der Waals surface area contributed by atoms with Gasteiger partial charge in [-0.1, -0.05) is 13.3 Å². The Kier molecular flexibility index (Phi) is 2.69. The zero-order valence-corrected chi connectivity index (χ0v) is 7.29. The smallest absolute Gasteiger partial charge is 0.317 e. The van der Waals surface area contributed by atoms with E-state index in [4.69, 9.17) is 5.11 Å². The summed E-state index contributed by atoms with van der Waals surface area (Å²) < 4.78 is 0. The number of carboxylic acid groups (broad SMARTS) is 1. The summed E-state index contributed by atoms with van der Waals surface area (Å²) in [6.45, 7) is 3.07. The van der Waals surface area contributed by atoms with Crippen LogP contribution >= 0.6 is 0 Å². The van der Waals surface area contributed by atoms with E-state index in [-0.39, 0.29) is 6.54 Å². The molecule has 1 aliphatic rings. The minimum atomic E-state index is -0.825. The third kappa shape index (κ3) is 2.19. The summed E-state index contributed by atoms with van der Waals surface area (Å²) in [5.74, 6) is -0.825. The first kappa shape index (κ1) is 9.48. The van der Waals surface area contributed by atoms with Crippen molar-refractivity contribution in [1.29, 1.82) is 0 Å². The summed E-state index contributed by atoms with van der Waals surface area (Å²) >= 11 is 0. The molecule has 0 aromatic rings. The highest BCUT2D eigenvalue weighted by atomic mass is 16.4. The second-order valence-corrected chi connectivity index (χ2v) is 3.51. The van der Waals surface area contributed by atoms with Crippen LogP contribution < -0.4 is 0 Å². The molecule has 70 valence electrons. The first-order valence-electron chi connectivity index (χ1n) is 4.22. The van der Waals surface area contributed by atoms with Gasteiger partial charge >= 0.3 is 5.97 Å². The van der Waals surface area contributed by atoms with Crippen molar-refractivity contribution in [2.75, 3.05) is 19.6 Å². The molecule has 0 aliphatic carbocycles. The van der Waals surface area contributed by atoms with Crippen LogP contribution in [0.5, 0.6) is 0 Å². The maximum Gasteiger partial charge on any atom is 0.317 e. The van der Waals surface area contributed by atoms with Crippen molar-refractivity contribution >= 4 is 5.97 Å². The molecule has 4 heteroatoms. The summed E-state index contributed by atoms with van der Waals surface area (Å²) in [6.07, 6.45) is 1.71. The number of β-amino-alcohol motifs (C(OH)–C–C–N with tert-alkyl or cyclic N) is 1. The molecule has 1 aliphatic heterocycles. The lowest BCUT2D eigenvalue weighted by atomic mass is 9.89. The van der Waals surface area contributed by atoms with Gasteiger partial charge in [-0.3, -0.25) is 9.69 Å². The van der Waals surface area contributed by atoms with Gasteiger partial charge in [-0.15, -0.1) is 0 Å². The standard InChI is InChI=1S/C8H15NO3/c1-2-3-8(12)5-9(6-8)4-7(10)11/h12H,2-6H2,1H3,(H,10,11). The van der Waals surface area contributed by atoms with E-state index in [2.05, 4.69) is 0 Å². The van der Waals surface area contributed by atoms with Gasteiger partial charge in [0.15, 0.2) is 0 Å². The van der Waals surface area contributed by atoms with Crippen molar-refractivity contribution in [3.63, 3.8) is 0 Å². The summed E-state index contributed by atoms with van der Waals surface area (Å²) in [7, 11) is 0. The molecule has 0 amide bonds. The molecule has 1 heterocycles. The molecular formula is C8H15NO3. The molecule has 0 bridgehead atoms. The lowest BCUT2D eigenvalue weighted by Crippen LogP contribution is -2.62. The fourth-order valence-electron chi connectivity index (χ4n) is 1.71. The van der Waals surface area contributed by atoms with Crippen LogP contribution in [0.3, 0.4) is 0 Å². The number of nitrogens with zero attached hydrogens (tertiary/aromatic N) is 1. The molecule has 0 aromatic heterocycles. The first-order chi connectivity index (χ1) is 5.56. The van der Waals surface area contributed by atoms with Gasteiger partial charge in [0, 0.05) is 13.1 Å². The van der Waals surface area contributed by atoms with Crippen molar-refractivity contribution in [3.8, 4) is 0 Å². The Morgan fingerprint density at radius 1 is 1.58 bits per heavy atom. The van der Waals surface area contributed by atoms with E-state index in [1.165, 1.54) is 0 Å². The number of rotatable bonds is 4. The van der Waals surface area contributed by atoms with Crippen LogP contribution in [-0.2, 0) is 4.79 Å². The third-order valence-electron chi connectivity index (χ3n) is 2.11. The average molecular weight is 173 g/mol. The van der Waals surface area contributed by atoms with E-state index in [9.17, 15) is 9.90 Å². The minimum absolute atomic E-state index is 0.0476. The Balaban J connectivity index is 2.22. The van der Waals surface area contributed by atoms with E-state index in [0.29, 0.717) is 13.1 Å². The molecule has 0 radical (unpaired) electrons. The maximum absolute atomic E-state index is 10.2. The van der Waals surface area contributed by atoms with Crippen LogP contribution in [0.2, 0.25) is 0 Å². The summed E-state index contributed by atoms with van der Waals surface area (Å²) in [5.41, 5.74) is -0.607. The number of carboxylic acids is 1. The number of hydrogen-bond donors (Lipinski definition) is 2. The van der Waals surface area contributed by atoms with Crippen LogP contribution in [-0.4, -0.2) is 46.3 Å². The Hall–Kier alpha value is -0.610. The summed E-state index contributed by atoms with van der Waals surface area (Å²) in [5, 5.41) is 18.1. The molecule has 1 rings (SSSR count). The molecule has 0 unspecified atom stereocenters. The molecule has 4 nitrogen and oxygen atoms in total. The highest BCUT2D eigenvalue weighted by molar-refractivity contribution is 5.69. The number of likely N-dealkylation sites (tertiary alicyclic amines) is 1. The zero-order chi connectivity index (χ0) is 9.19. The van der Waals surface area contributed by atoms with Gasteiger partial charge in [-0.25, -0.2) is 0 Å². The van der Waals surface area contributed by atoms with E-state index in [1.54, 1.807) is 4.90 Å². The van der Waals surface area contributed by atoms with Crippen LogP contribution in [0.1, 0.15) is 19.8 Å². The quantitative estimate of drug-likeness (QED) is 0.624. The second-order valence-electron chi connectivity index (χ2n) is 3.51. The summed E-state index contributed by atoms with van der Waals surface area (Å²) in [6, 6.07) is 0. The van der Waals surface area contributed by atoms with Gasteiger partial charge in [-0.2, -0.15) is 0 Å². The molecule has 0 saturated carbocycles. The Labute approximate surface area is 71.8 Å². The number of aliphatic carboxylic acids is 1. The van der Waals surface area contributed by atoms with Gasteiger partial charge in [0.05, 0.1) is 12.1 Å². The number of hydrogen-bond acceptors (Lipinski definition) is 3. The van der Waals surface area contributed by atoms with Crippen molar-refractivity contribution in [2.24, 2.45) is 0 Å². The van der Waals surface area contributed by atoms with Crippen LogP contribution in [0.25, 0.3) is 0 Å². The fourth-order valence-corrected chi connectivity index (χ4v) is 1.71. The minimum Gasteiger partial charge on any atom is -0.480 e. The Morgan fingerprint density at radius 3 is 2.58 bits per heavy atom. The molecule has 0 spiro atoms. The average Bonchev–Trinajstić information content (AvgIpc) is 1.83. The van der Waals surface area contributed by atoms with E-state index in [1.807, 2.05) is 6.92 Å². The zero-order valence-electron chi connectivity index (χ0n) is 7.29. The second kappa shape index (κ2) is 3.41. The molecule has 1 saturated heterocycles. The van der Waals surface area contributed by atoms with Crippen molar-refractivity contribution < 1.29 is 15.0 Å². The highest BCUT2D eigenvalue weighted by Crippen LogP contribution is 2.24. The van der Waals surface area contributed by atoms with Crippen LogP contribution in [0.15, 0.2) is 0 Å². The third-order valence-corrected chi connectivity index (χ3v) is 2.11. The lowest BCUT2D eigenvalue weighted by Gasteiger charge is -2.45. The van der Waals surface area contributed by atoms with Gasteiger partial charge in [0.2, 0.25) is 0 Å². The van der Waals surface area contributed by atoms with E-state index < -0.39 is 11.6 Å². The first-order valence-corrected chi connectivity index (χ1v) is 4.22. The fraction of sp³-hybridized carbons (Fsp3) is 0.875. The predicted molar refractivity (Wildman–Crippen MR) is 43.9 cm³/mol. The molecule has 1 fully saturated rings. The van der Waals surface area contributed by atoms with Crippen molar-refractivity contribution in [3.05, 3.63) is 0 Å². The maximum atomic E-state index is 10.2. The largest absolute Gasteiger partial charge is 0.480 e. The lowest BCUT2D eigenvalue weighted by molar-refractivity contribution is -0.147. The summed E-state index contributed by atoms with van der Waals surface area (Å²) in [4.78, 5) is 12.0. The molecule has 12 heavy (non-hydrogen) atoms. The molecular weight excluding hydrogens is 158 g/mol.